The van der Waals surface area contributed by atoms with Crippen molar-refractivity contribution in [1.29, 1.82) is 0 Å². The van der Waals surface area contributed by atoms with E-state index in [1.54, 1.807) is 24.5 Å². The van der Waals surface area contributed by atoms with E-state index in [2.05, 4.69) is 20.2 Å². The normalized spacial score (nSPS) is 10.2. The van der Waals surface area contributed by atoms with Crippen LogP contribution in [0.3, 0.4) is 0 Å². The molecule has 0 saturated heterocycles. The Balaban J connectivity index is 2.14. The highest BCUT2D eigenvalue weighted by Crippen LogP contribution is 2.12. The predicted molar refractivity (Wildman–Crippen MR) is 59.1 cm³/mol. The van der Waals surface area contributed by atoms with Crippen LogP contribution < -0.4 is 0 Å². The molecule has 0 aliphatic carbocycles. The summed E-state index contributed by atoms with van der Waals surface area (Å²) in [7, 11) is 1.47. The summed E-state index contributed by atoms with van der Waals surface area (Å²) >= 11 is 0. The average molecular weight is 233 g/mol. The maximum Gasteiger partial charge on any atom is 0.407 e. The van der Waals surface area contributed by atoms with Crippen molar-refractivity contribution in [3.63, 3.8) is 0 Å². The topological polar surface area (TPSA) is 95.0 Å². The van der Waals surface area contributed by atoms with Crippen molar-refractivity contribution in [1.82, 2.24) is 25.1 Å². The number of nitrogens with zero attached hydrogens (tertiary/aromatic N) is 4. The number of pyridine rings is 1. The molecule has 2 N–H and O–H groups in total. The first-order valence-electron chi connectivity index (χ1n) is 4.92. The first kappa shape index (κ1) is 11.1. The fourth-order valence-corrected chi connectivity index (χ4v) is 1.29. The molecule has 1 amide bonds. The lowest BCUT2D eigenvalue weighted by Gasteiger charge is -2.09. The fraction of sp³-hybridized carbons (Fsp3) is 0.200. The van der Waals surface area contributed by atoms with Crippen LogP contribution in [0.2, 0.25) is 0 Å². The molecule has 0 spiro atoms. The number of H-pyrrole nitrogens is 1. The van der Waals surface area contributed by atoms with Crippen molar-refractivity contribution in [2.24, 2.45) is 0 Å². The van der Waals surface area contributed by atoms with Crippen LogP contribution in [-0.2, 0) is 6.54 Å². The molecule has 88 valence electrons. The van der Waals surface area contributed by atoms with Gasteiger partial charge in [-0.3, -0.25) is 10.1 Å². The molecule has 2 aromatic heterocycles. The van der Waals surface area contributed by atoms with E-state index >= 15 is 0 Å². The third-order valence-corrected chi connectivity index (χ3v) is 2.18. The minimum atomic E-state index is -1.01. The summed E-state index contributed by atoms with van der Waals surface area (Å²) in [6, 6.07) is 3.57. The number of rotatable bonds is 3. The van der Waals surface area contributed by atoms with E-state index in [1.165, 1.54) is 7.05 Å². The first-order valence-corrected chi connectivity index (χ1v) is 4.92. The number of hydrogen-bond acceptors (Lipinski definition) is 4. The van der Waals surface area contributed by atoms with Gasteiger partial charge < -0.3 is 10.0 Å². The smallest absolute Gasteiger partial charge is 0.407 e. The Morgan fingerprint density at radius 1 is 1.47 bits per heavy atom. The molecule has 0 saturated carbocycles. The maximum atomic E-state index is 10.6. The van der Waals surface area contributed by atoms with E-state index in [4.69, 9.17) is 5.11 Å². The third-order valence-electron chi connectivity index (χ3n) is 2.18. The van der Waals surface area contributed by atoms with Gasteiger partial charge in [-0.05, 0) is 12.1 Å². The lowest BCUT2D eigenvalue weighted by atomic mass is 10.2. The summed E-state index contributed by atoms with van der Waals surface area (Å²) in [6.45, 7) is 0.174. The zero-order chi connectivity index (χ0) is 12.3. The van der Waals surface area contributed by atoms with E-state index in [9.17, 15) is 4.79 Å². The van der Waals surface area contributed by atoms with Crippen LogP contribution in [-0.4, -0.2) is 43.3 Å². The highest BCUT2D eigenvalue weighted by Gasteiger charge is 2.10. The van der Waals surface area contributed by atoms with Gasteiger partial charge in [-0.25, -0.2) is 9.78 Å². The molecule has 0 aliphatic heterocycles. The fourth-order valence-electron chi connectivity index (χ4n) is 1.29. The number of nitrogens with one attached hydrogen (secondary N) is 1. The highest BCUT2D eigenvalue weighted by molar-refractivity contribution is 5.64. The molecular weight excluding hydrogens is 222 g/mol. The van der Waals surface area contributed by atoms with Gasteiger partial charge in [0, 0.05) is 25.0 Å². The number of hydrogen-bond donors (Lipinski definition) is 2. The SMILES string of the molecule is CN(Cc1nc(-c2ccncc2)n[nH]1)C(=O)O. The third kappa shape index (κ3) is 2.57. The van der Waals surface area contributed by atoms with Gasteiger partial charge in [0.1, 0.15) is 5.82 Å². The van der Waals surface area contributed by atoms with Crippen LogP contribution in [0.5, 0.6) is 0 Å². The lowest BCUT2D eigenvalue weighted by molar-refractivity contribution is 0.152. The molecule has 0 unspecified atom stereocenters. The van der Waals surface area contributed by atoms with Gasteiger partial charge in [0.2, 0.25) is 0 Å². The quantitative estimate of drug-likeness (QED) is 0.823. The molecule has 0 aliphatic rings. The molecule has 17 heavy (non-hydrogen) atoms. The monoisotopic (exact) mass is 233 g/mol. The van der Waals surface area contributed by atoms with Crippen LogP contribution in [0.15, 0.2) is 24.5 Å². The molecule has 0 bridgehead atoms. The number of aromatic amines is 1. The standard InChI is InChI=1S/C10H11N5O2/c1-15(10(16)17)6-8-12-9(14-13-8)7-2-4-11-5-3-7/h2-5H,6H2,1H3,(H,16,17)(H,12,13,14). The van der Waals surface area contributed by atoms with Crippen molar-refractivity contribution in [2.45, 2.75) is 6.54 Å². The second-order valence-electron chi connectivity index (χ2n) is 3.48. The van der Waals surface area contributed by atoms with Gasteiger partial charge in [0.25, 0.3) is 0 Å². The number of amides is 1. The molecule has 7 nitrogen and oxygen atoms in total. The summed E-state index contributed by atoms with van der Waals surface area (Å²) in [5.41, 5.74) is 0.834. The van der Waals surface area contributed by atoms with Crippen molar-refractivity contribution in [3.05, 3.63) is 30.4 Å². The molecule has 2 aromatic rings. The van der Waals surface area contributed by atoms with E-state index < -0.39 is 6.09 Å². The van der Waals surface area contributed by atoms with Crippen LogP contribution in [0.1, 0.15) is 5.82 Å². The van der Waals surface area contributed by atoms with Crippen LogP contribution in [0, 0.1) is 0 Å². The van der Waals surface area contributed by atoms with Crippen molar-refractivity contribution in [3.8, 4) is 11.4 Å². The molecule has 0 aromatic carbocycles. The molecule has 2 heterocycles. The van der Waals surface area contributed by atoms with Gasteiger partial charge in [0.15, 0.2) is 5.82 Å². The zero-order valence-corrected chi connectivity index (χ0v) is 9.16. The van der Waals surface area contributed by atoms with Crippen LogP contribution in [0.25, 0.3) is 11.4 Å². The number of carboxylic acid groups (broad SMARTS) is 1. The summed E-state index contributed by atoms with van der Waals surface area (Å²) < 4.78 is 0. The second kappa shape index (κ2) is 4.60. The molecular formula is C10H11N5O2. The van der Waals surface area contributed by atoms with Crippen LogP contribution >= 0.6 is 0 Å². The minimum Gasteiger partial charge on any atom is -0.465 e. The molecule has 0 radical (unpaired) electrons. The van der Waals surface area contributed by atoms with Crippen molar-refractivity contribution >= 4 is 6.09 Å². The van der Waals surface area contributed by atoms with Gasteiger partial charge in [-0.1, -0.05) is 0 Å². The molecule has 7 heteroatoms. The summed E-state index contributed by atoms with van der Waals surface area (Å²) in [5.74, 6) is 1.03. The zero-order valence-electron chi connectivity index (χ0n) is 9.16. The Morgan fingerprint density at radius 2 is 2.18 bits per heavy atom. The van der Waals surface area contributed by atoms with Gasteiger partial charge >= 0.3 is 6.09 Å². The van der Waals surface area contributed by atoms with E-state index in [0.717, 1.165) is 10.5 Å². The van der Waals surface area contributed by atoms with Gasteiger partial charge in [-0.2, -0.15) is 5.10 Å². The Labute approximate surface area is 97.1 Å². The summed E-state index contributed by atoms with van der Waals surface area (Å²) in [5, 5.41) is 15.4. The average Bonchev–Trinajstić information content (AvgIpc) is 2.78. The van der Waals surface area contributed by atoms with Crippen molar-refractivity contribution in [2.75, 3.05) is 7.05 Å². The Hall–Kier alpha value is -2.44. The van der Waals surface area contributed by atoms with Gasteiger partial charge in [-0.15, -0.1) is 0 Å². The van der Waals surface area contributed by atoms with E-state index in [1.807, 2.05) is 0 Å². The number of carbonyl (C=O) groups is 1. The largest absolute Gasteiger partial charge is 0.465 e. The number of aromatic nitrogens is 4. The maximum absolute atomic E-state index is 10.6. The van der Waals surface area contributed by atoms with E-state index in [0.29, 0.717) is 11.6 Å². The summed E-state index contributed by atoms with van der Waals surface area (Å²) in [6.07, 6.45) is 2.29. The second-order valence-corrected chi connectivity index (χ2v) is 3.48. The van der Waals surface area contributed by atoms with Crippen molar-refractivity contribution < 1.29 is 9.90 Å². The lowest BCUT2D eigenvalue weighted by Crippen LogP contribution is -2.24. The predicted octanol–water partition coefficient (Wildman–Crippen LogP) is 0.976. The van der Waals surface area contributed by atoms with Gasteiger partial charge in [0.05, 0.1) is 6.54 Å². The summed E-state index contributed by atoms with van der Waals surface area (Å²) in [4.78, 5) is 19.9. The Bertz CT molecular complexity index is 510. The Morgan fingerprint density at radius 3 is 2.82 bits per heavy atom. The molecule has 0 fully saturated rings. The minimum absolute atomic E-state index is 0.174. The van der Waals surface area contributed by atoms with Crippen LogP contribution in [0.4, 0.5) is 4.79 Å². The molecule has 2 rings (SSSR count). The first-order chi connectivity index (χ1) is 8.16. The molecule has 0 atom stereocenters. The highest BCUT2D eigenvalue weighted by atomic mass is 16.4. The van der Waals surface area contributed by atoms with E-state index in [-0.39, 0.29) is 6.54 Å². The Kier molecular flexibility index (Phi) is 2.99.